The van der Waals surface area contributed by atoms with E-state index in [-0.39, 0.29) is 10.7 Å². The molecule has 7 nitrogen and oxygen atoms in total. The minimum absolute atomic E-state index is 0.0119. The summed E-state index contributed by atoms with van der Waals surface area (Å²) in [5.74, 6) is -1.38. The van der Waals surface area contributed by atoms with Gasteiger partial charge >= 0.3 is 5.69 Å². The van der Waals surface area contributed by atoms with E-state index >= 15 is 0 Å². The number of phenols is 1. The second kappa shape index (κ2) is 5.78. The molecule has 0 fully saturated rings. The molecular formula is C12H8ClFN2O5S. The molecule has 0 heterocycles. The van der Waals surface area contributed by atoms with Gasteiger partial charge in [-0.2, -0.15) is 0 Å². The Bertz CT molecular complexity index is 857. The van der Waals surface area contributed by atoms with Crippen LogP contribution in [-0.2, 0) is 10.0 Å². The predicted molar refractivity (Wildman–Crippen MR) is 77.0 cm³/mol. The zero-order chi connectivity index (χ0) is 16.5. The summed E-state index contributed by atoms with van der Waals surface area (Å²) in [5, 5.41) is 19.7. The molecule has 0 aliphatic heterocycles. The normalized spacial score (nSPS) is 11.2. The lowest BCUT2D eigenvalue weighted by Crippen LogP contribution is -2.13. The van der Waals surface area contributed by atoms with E-state index in [9.17, 15) is 28.0 Å². The number of benzene rings is 2. The fraction of sp³-hybridized carbons (Fsp3) is 0. The highest BCUT2D eigenvalue weighted by Crippen LogP contribution is 2.29. The van der Waals surface area contributed by atoms with E-state index in [1.807, 2.05) is 0 Å². The minimum Gasteiger partial charge on any atom is -0.502 e. The standard InChI is InChI=1S/C12H8ClFN2O5S/c13-9-5-7(1-3-10(9)14)15-22(20,21)8-2-4-12(17)11(6-8)16(18)19/h1-6,15,17H. The lowest BCUT2D eigenvalue weighted by molar-refractivity contribution is -0.386. The summed E-state index contributed by atoms with van der Waals surface area (Å²) < 4.78 is 39.4. The van der Waals surface area contributed by atoms with Crippen molar-refractivity contribution in [3.8, 4) is 5.75 Å². The molecule has 0 unspecified atom stereocenters. The number of nitrogens with zero attached hydrogens (tertiary/aromatic N) is 1. The summed E-state index contributed by atoms with van der Waals surface area (Å²) >= 11 is 5.54. The second-order valence-electron chi connectivity index (χ2n) is 4.14. The van der Waals surface area contributed by atoms with Crippen molar-refractivity contribution in [2.45, 2.75) is 4.90 Å². The van der Waals surface area contributed by atoms with Gasteiger partial charge in [-0.25, -0.2) is 12.8 Å². The average Bonchev–Trinajstić information content (AvgIpc) is 2.42. The van der Waals surface area contributed by atoms with Crippen LogP contribution in [-0.4, -0.2) is 18.4 Å². The lowest BCUT2D eigenvalue weighted by Gasteiger charge is -2.09. The first-order valence-electron chi connectivity index (χ1n) is 5.66. The Morgan fingerprint density at radius 3 is 2.50 bits per heavy atom. The van der Waals surface area contributed by atoms with Crippen molar-refractivity contribution in [1.82, 2.24) is 0 Å². The van der Waals surface area contributed by atoms with Crippen molar-refractivity contribution in [1.29, 1.82) is 0 Å². The van der Waals surface area contributed by atoms with Gasteiger partial charge in [-0.1, -0.05) is 11.6 Å². The van der Waals surface area contributed by atoms with Crippen molar-refractivity contribution < 1.29 is 22.8 Å². The van der Waals surface area contributed by atoms with Gasteiger partial charge in [-0.05, 0) is 30.3 Å². The number of anilines is 1. The first kappa shape index (κ1) is 16.0. The molecule has 0 aromatic heterocycles. The zero-order valence-electron chi connectivity index (χ0n) is 10.7. The van der Waals surface area contributed by atoms with Gasteiger partial charge in [0.25, 0.3) is 10.0 Å². The Morgan fingerprint density at radius 1 is 1.23 bits per heavy atom. The number of nitrogens with one attached hydrogen (secondary N) is 1. The number of nitro groups is 1. The van der Waals surface area contributed by atoms with Gasteiger partial charge in [0, 0.05) is 6.07 Å². The van der Waals surface area contributed by atoms with Crippen molar-refractivity contribution in [2.75, 3.05) is 4.72 Å². The number of hydrogen-bond donors (Lipinski definition) is 2. The molecule has 116 valence electrons. The molecule has 2 N–H and O–H groups in total. The van der Waals surface area contributed by atoms with Crippen molar-refractivity contribution >= 4 is 33.0 Å². The molecule has 0 atom stereocenters. The molecule has 0 saturated carbocycles. The molecule has 0 aliphatic carbocycles. The molecule has 10 heteroatoms. The Balaban J connectivity index is 2.40. The largest absolute Gasteiger partial charge is 0.502 e. The summed E-state index contributed by atoms with van der Waals surface area (Å²) in [7, 11) is -4.16. The summed E-state index contributed by atoms with van der Waals surface area (Å²) in [5.41, 5.74) is -0.762. The molecule has 0 radical (unpaired) electrons. The highest BCUT2D eigenvalue weighted by Gasteiger charge is 2.21. The van der Waals surface area contributed by atoms with Gasteiger partial charge in [0.2, 0.25) is 0 Å². The first-order chi connectivity index (χ1) is 10.2. The monoisotopic (exact) mass is 346 g/mol. The number of nitro benzene ring substituents is 1. The number of hydrogen-bond acceptors (Lipinski definition) is 5. The smallest absolute Gasteiger partial charge is 0.312 e. The maximum atomic E-state index is 13.0. The van der Waals surface area contributed by atoms with Gasteiger partial charge in [0.1, 0.15) is 5.82 Å². The molecule has 22 heavy (non-hydrogen) atoms. The van der Waals surface area contributed by atoms with Crippen LogP contribution in [0.3, 0.4) is 0 Å². The van der Waals surface area contributed by atoms with Crippen molar-refractivity contribution in [3.63, 3.8) is 0 Å². The maximum absolute atomic E-state index is 13.0. The highest BCUT2D eigenvalue weighted by atomic mass is 35.5. The number of sulfonamides is 1. The molecule has 0 saturated heterocycles. The molecule has 2 rings (SSSR count). The number of halogens is 2. The molecule has 2 aromatic rings. The second-order valence-corrected chi connectivity index (χ2v) is 6.23. The molecule has 0 amide bonds. The topological polar surface area (TPSA) is 110 Å². The van der Waals surface area contributed by atoms with Crippen LogP contribution in [0.15, 0.2) is 41.3 Å². The van der Waals surface area contributed by atoms with E-state index in [0.29, 0.717) is 6.07 Å². The van der Waals surface area contributed by atoms with E-state index in [1.165, 1.54) is 0 Å². The van der Waals surface area contributed by atoms with E-state index < -0.39 is 37.1 Å². The SMILES string of the molecule is O=[N+]([O-])c1cc(S(=O)(=O)Nc2ccc(F)c(Cl)c2)ccc1O. The van der Waals surface area contributed by atoms with E-state index in [1.54, 1.807) is 0 Å². The quantitative estimate of drug-likeness (QED) is 0.653. The fourth-order valence-corrected chi connectivity index (χ4v) is 2.84. The summed E-state index contributed by atoms with van der Waals surface area (Å²) in [6.07, 6.45) is 0. The Kier molecular flexibility index (Phi) is 4.20. The summed E-state index contributed by atoms with van der Waals surface area (Å²) in [6.45, 7) is 0. The van der Waals surface area contributed by atoms with Crippen LogP contribution >= 0.6 is 11.6 Å². The lowest BCUT2D eigenvalue weighted by atomic mass is 10.3. The van der Waals surface area contributed by atoms with Gasteiger partial charge in [0.05, 0.1) is 20.5 Å². The van der Waals surface area contributed by atoms with Crippen molar-refractivity contribution in [3.05, 3.63) is 57.4 Å². The Labute approximate surface area is 129 Å². The third-order valence-electron chi connectivity index (χ3n) is 2.63. The number of phenolic OH excluding ortho intramolecular Hbond substituents is 1. The van der Waals surface area contributed by atoms with E-state index in [4.69, 9.17) is 11.6 Å². The average molecular weight is 347 g/mol. The Morgan fingerprint density at radius 2 is 1.91 bits per heavy atom. The summed E-state index contributed by atoms with van der Waals surface area (Å²) in [6, 6.07) is 5.78. The van der Waals surface area contributed by atoms with E-state index in [0.717, 1.165) is 30.3 Å². The van der Waals surface area contributed by atoms with Crippen LogP contribution in [0.1, 0.15) is 0 Å². The maximum Gasteiger partial charge on any atom is 0.312 e. The van der Waals surface area contributed by atoms with Gasteiger partial charge in [-0.3, -0.25) is 14.8 Å². The first-order valence-corrected chi connectivity index (χ1v) is 7.52. The molecular weight excluding hydrogens is 339 g/mol. The van der Waals surface area contributed by atoms with Gasteiger partial charge in [0.15, 0.2) is 5.75 Å². The minimum atomic E-state index is -4.16. The molecule has 2 aromatic carbocycles. The number of rotatable bonds is 4. The van der Waals surface area contributed by atoms with Gasteiger partial charge in [-0.15, -0.1) is 0 Å². The summed E-state index contributed by atoms with van der Waals surface area (Å²) in [4.78, 5) is 9.37. The molecule has 0 spiro atoms. The third kappa shape index (κ3) is 3.26. The van der Waals surface area contributed by atoms with Crippen LogP contribution in [0.5, 0.6) is 5.75 Å². The molecule has 0 aliphatic rings. The zero-order valence-corrected chi connectivity index (χ0v) is 12.2. The molecule has 0 bridgehead atoms. The fourth-order valence-electron chi connectivity index (χ4n) is 1.59. The van der Waals surface area contributed by atoms with Crippen LogP contribution in [0.25, 0.3) is 0 Å². The van der Waals surface area contributed by atoms with Crippen LogP contribution < -0.4 is 4.72 Å². The highest BCUT2D eigenvalue weighted by molar-refractivity contribution is 7.92. The Hall–Kier alpha value is -2.39. The number of aromatic hydroxyl groups is 1. The van der Waals surface area contributed by atoms with E-state index in [2.05, 4.69) is 4.72 Å². The third-order valence-corrected chi connectivity index (χ3v) is 4.29. The van der Waals surface area contributed by atoms with Gasteiger partial charge < -0.3 is 5.11 Å². The predicted octanol–water partition coefficient (Wildman–Crippen LogP) is 2.89. The van der Waals surface area contributed by atoms with Crippen LogP contribution in [0, 0.1) is 15.9 Å². The van der Waals surface area contributed by atoms with Crippen LogP contribution in [0.2, 0.25) is 5.02 Å². The van der Waals surface area contributed by atoms with Crippen molar-refractivity contribution in [2.24, 2.45) is 0 Å². The van der Waals surface area contributed by atoms with Crippen LogP contribution in [0.4, 0.5) is 15.8 Å².